The summed E-state index contributed by atoms with van der Waals surface area (Å²) >= 11 is 0. The van der Waals surface area contributed by atoms with Gasteiger partial charge in [0, 0.05) is 36.9 Å². The zero-order chi connectivity index (χ0) is 25.2. The first-order chi connectivity index (χ1) is 18.2. The molecule has 3 heteroatoms. The Labute approximate surface area is 217 Å². The topological polar surface area (TPSA) is 28.5 Å². The molecule has 3 nitrogen and oxygen atoms in total. The van der Waals surface area contributed by atoms with Crippen LogP contribution >= 0.6 is 0 Å². The summed E-state index contributed by atoms with van der Waals surface area (Å²) in [6, 6.07) is 42.3. The first-order valence-electron chi connectivity index (χ1n) is 12.5. The number of rotatable bonds is 5. The fourth-order valence-corrected chi connectivity index (χ4v) is 4.73. The average Bonchev–Trinajstić information content (AvgIpc) is 2.96. The second-order valence-corrected chi connectivity index (χ2v) is 9.39. The number of nitrogens with zero attached hydrogens (tertiary/aromatic N) is 3. The lowest BCUT2D eigenvalue weighted by Crippen LogP contribution is -2.08. The molecule has 5 aromatic carbocycles. The van der Waals surface area contributed by atoms with Gasteiger partial charge in [-0.05, 0) is 63.9 Å². The summed E-state index contributed by atoms with van der Waals surface area (Å²) in [7, 11) is 4.09. The second-order valence-electron chi connectivity index (χ2n) is 9.39. The first kappa shape index (κ1) is 22.7. The van der Waals surface area contributed by atoms with Crippen LogP contribution < -0.4 is 4.90 Å². The summed E-state index contributed by atoms with van der Waals surface area (Å²) in [6.07, 6.45) is 1.91. The zero-order valence-corrected chi connectivity index (χ0v) is 21.0. The average molecular weight is 478 g/mol. The van der Waals surface area contributed by atoms with Crippen LogP contribution in [0, 0.1) is 0 Å². The van der Waals surface area contributed by atoms with E-state index >= 15 is 0 Å². The van der Waals surface area contributed by atoms with Crippen molar-refractivity contribution in [1.29, 1.82) is 0 Å². The van der Waals surface area contributed by atoms with Crippen LogP contribution in [0.2, 0.25) is 0 Å². The second kappa shape index (κ2) is 9.71. The molecule has 0 aliphatic carbocycles. The van der Waals surface area contributed by atoms with Gasteiger partial charge < -0.3 is 4.90 Å². The van der Waals surface area contributed by atoms with Crippen molar-refractivity contribution in [2.24, 2.45) is 4.99 Å². The molecule has 0 saturated heterocycles. The van der Waals surface area contributed by atoms with Gasteiger partial charge in [0.2, 0.25) is 0 Å². The van der Waals surface area contributed by atoms with E-state index in [4.69, 9.17) is 9.98 Å². The lowest BCUT2D eigenvalue weighted by Gasteiger charge is -2.13. The van der Waals surface area contributed by atoms with Crippen molar-refractivity contribution in [1.82, 2.24) is 4.98 Å². The van der Waals surface area contributed by atoms with Crippen LogP contribution in [0.4, 0.5) is 11.4 Å². The van der Waals surface area contributed by atoms with E-state index in [0.29, 0.717) is 0 Å². The monoisotopic (exact) mass is 477 g/mol. The maximum atomic E-state index is 5.05. The molecule has 0 saturated carbocycles. The highest BCUT2D eigenvalue weighted by molar-refractivity contribution is 6.13. The molecule has 178 valence electrons. The van der Waals surface area contributed by atoms with E-state index < -0.39 is 0 Å². The van der Waals surface area contributed by atoms with Crippen molar-refractivity contribution >= 4 is 39.3 Å². The molecule has 0 bridgehead atoms. The van der Waals surface area contributed by atoms with E-state index in [9.17, 15) is 0 Å². The van der Waals surface area contributed by atoms with Crippen LogP contribution in [0.15, 0.2) is 126 Å². The van der Waals surface area contributed by atoms with Crippen molar-refractivity contribution in [3.63, 3.8) is 0 Å². The molecule has 0 fully saturated rings. The van der Waals surface area contributed by atoms with Crippen LogP contribution in [0.1, 0.15) is 5.56 Å². The predicted octanol–water partition coefficient (Wildman–Crippen LogP) is 8.54. The molecule has 1 aromatic heterocycles. The van der Waals surface area contributed by atoms with E-state index in [0.717, 1.165) is 33.6 Å². The van der Waals surface area contributed by atoms with Crippen LogP contribution in [0.3, 0.4) is 0 Å². The SMILES string of the molecule is CN(C)c1ccc(C=Nc2ccc(-c3cc(-c4ccccc4)nc4ccc5ccccc5c34)cc2)cc1. The minimum absolute atomic E-state index is 0.923. The molecule has 0 N–H and O–H groups in total. The normalized spacial score (nSPS) is 11.4. The number of pyridine rings is 1. The van der Waals surface area contributed by atoms with E-state index in [1.807, 2.05) is 26.4 Å². The first-order valence-corrected chi connectivity index (χ1v) is 12.5. The molecule has 37 heavy (non-hydrogen) atoms. The predicted molar refractivity (Wildman–Crippen MR) is 158 cm³/mol. The number of aliphatic imine (C=N–C) groups is 1. The summed E-state index contributed by atoms with van der Waals surface area (Å²) in [5.74, 6) is 0. The molecule has 0 aliphatic heterocycles. The minimum Gasteiger partial charge on any atom is -0.378 e. The number of aromatic nitrogens is 1. The third kappa shape index (κ3) is 4.60. The Morgan fingerprint density at radius 3 is 2.16 bits per heavy atom. The quantitative estimate of drug-likeness (QED) is 0.184. The van der Waals surface area contributed by atoms with Gasteiger partial charge in [-0.15, -0.1) is 0 Å². The van der Waals surface area contributed by atoms with Crippen LogP contribution in [0.25, 0.3) is 44.1 Å². The number of hydrogen-bond acceptors (Lipinski definition) is 3. The summed E-state index contributed by atoms with van der Waals surface area (Å²) < 4.78 is 0. The Morgan fingerprint density at radius 1 is 0.676 bits per heavy atom. The van der Waals surface area contributed by atoms with Gasteiger partial charge in [0.15, 0.2) is 0 Å². The zero-order valence-electron chi connectivity index (χ0n) is 21.0. The van der Waals surface area contributed by atoms with E-state index in [2.05, 4.69) is 120 Å². The highest BCUT2D eigenvalue weighted by Gasteiger charge is 2.12. The summed E-state index contributed by atoms with van der Waals surface area (Å²) in [5.41, 5.74) is 8.58. The van der Waals surface area contributed by atoms with Gasteiger partial charge >= 0.3 is 0 Å². The smallest absolute Gasteiger partial charge is 0.0722 e. The third-order valence-electron chi connectivity index (χ3n) is 6.72. The summed E-state index contributed by atoms with van der Waals surface area (Å²) in [4.78, 5) is 11.9. The molecule has 6 rings (SSSR count). The van der Waals surface area contributed by atoms with E-state index in [1.165, 1.54) is 27.4 Å². The van der Waals surface area contributed by atoms with Crippen LogP contribution in [-0.2, 0) is 0 Å². The maximum Gasteiger partial charge on any atom is 0.0722 e. The molecule has 0 atom stereocenters. The number of fused-ring (bicyclic) bond motifs is 3. The summed E-state index contributed by atoms with van der Waals surface area (Å²) in [5, 5.41) is 3.60. The van der Waals surface area contributed by atoms with Gasteiger partial charge in [-0.2, -0.15) is 0 Å². The number of benzene rings is 5. The Morgan fingerprint density at radius 2 is 1.41 bits per heavy atom. The van der Waals surface area contributed by atoms with Crippen molar-refractivity contribution in [2.75, 3.05) is 19.0 Å². The van der Waals surface area contributed by atoms with Crippen molar-refractivity contribution < 1.29 is 0 Å². The Bertz CT molecular complexity index is 1720. The maximum absolute atomic E-state index is 5.05. The number of anilines is 1. The molecule has 0 unspecified atom stereocenters. The fraction of sp³-hybridized carbons (Fsp3) is 0.0588. The molecule has 0 amide bonds. The van der Waals surface area contributed by atoms with Crippen molar-refractivity contribution in [3.8, 4) is 22.4 Å². The summed E-state index contributed by atoms with van der Waals surface area (Å²) in [6.45, 7) is 0. The van der Waals surface area contributed by atoms with Crippen molar-refractivity contribution in [3.05, 3.63) is 127 Å². The van der Waals surface area contributed by atoms with Gasteiger partial charge in [0.1, 0.15) is 0 Å². The van der Waals surface area contributed by atoms with Gasteiger partial charge in [0.05, 0.1) is 16.9 Å². The minimum atomic E-state index is 0.923. The molecule has 0 spiro atoms. The Hall–Kier alpha value is -4.76. The lowest BCUT2D eigenvalue weighted by atomic mass is 9.94. The van der Waals surface area contributed by atoms with E-state index in [1.54, 1.807) is 0 Å². The van der Waals surface area contributed by atoms with Gasteiger partial charge in [0.25, 0.3) is 0 Å². The van der Waals surface area contributed by atoms with E-state index in [-0.39, 0.29) is 0 Å². The fourth-order valence-electron chi connectivity index (χ4n) is 4.73. The van der Waals surface area contributed by atoms with Gasteiger partial charge in [-0.25, -0.2) is 4.98 Å². The van der Waals surface area contributed by atoms with Gasteiger partial charge in [-0.1, -0.05) is 84.9 Å². The molecular formula is C34H27N3. The van der Waals surface area contributed by atoms with Gasteiger partial charge in [-0.3, -0.25) is 4.99 Å². The number of hydrogen-bond donors (Lipinski definition) is 0. The highest BCUT2D eigenvalue weighted by Crippen LogP contribution is 2.37. The molecule has 6 aromatic rings. The largest absolute Gasteiger partial charge is 0.378 e. The molecular weight excluding hydrogens is 450 g/mol. The standard InChI is InChI=1S/C34H27N3/c1-37(2)29-19-12-24(13-20-29)23-35-28-17-14-26(15-18-28)31-22-33(27-9-4-3-5-10-27)36-32-21-16-25-8-6-7-11-30(25)34(31)32/h3-23H,1-2H3. The highest BCUT2D eigenvalue weighted by atomic mass is 15.1. The lowest BCUT2D eigenvalue weighted by molar-refractivity contribution is 1.13. The third-order valence-corrected chi connectivity index (χ3v) is 6.72. The Kier molecular flexibility index (Phi) is 5.95. The molecule has 0 aliphatic rings. The Balaban J connectivity index is 1.42. The molecule has 1 heterocycles. The molecule has 0 radical (unpaired) electrons. The van der Waals surface area contributed by atoms with Crippen molar-refractivity contribution in [2.45, 2.75) is 0 Å². The van der Waals surface area contributed by atoms with Crippen LogP contribution in [-0.4, -0.2) is 25.3 Å². The van der Waals surface area contributed by atoms with Crippen LogP contribution in [0.5, 0.6) is 0 Å².